The van der Waals surface area contributed by atoms with E-state index < -0.39 is 0 Å². The number of benzene rings is 1. The Hall–Kier alpha value is -2.47. The first kappa shape index (κ1) is 18.3. The molecule has 0 saturated carbocycles. The van der Waals surface area contributed by atoms with Crippen LogP contribution in [0.1, 0.15) is 42.2 Å². The summed E-state index contributed by atoms with van der Waals surface area (Å²) in [5.74, 6) is -0.0785. The fraction of sp³-hybridized carbons (Fsp3) is 0.400. The van der Waals surface area contributed by atoms with Crippen molar-refractivity contribution in [1.29, 1.82) is 0 Å². The second-order valence-corrected chi connectivity index (χ2v) is 6.45. The number of ether oxygens (including phenoxy) is 2. The maximum absolute atomic E-state index is 13.1. The Morgan fingerprint density at radius 2 is 2.27 bits per heavy atom. The van der Waals surface area contributed by atoms with Gasteiger partial charge in [-0.15, -0.1) is 0 Å². The molecule has 1 fully saturated rings. The Morgan fingerprint density at radius 3 is 2.96 bits per heavy atom. The number of aromatic nitrogens is 1. The molecular weight excluding hydrogens is 335 g/mol. The zero-order valence-electron chi connectivity index (χ0n) is 14.8. The van der Waals surface area contributed by atoms with Gasteiger partial charge in [0.1, 0.15) is 18.2 Å². The van der Waals surface area contributed by atoms with Crippen LogP contribution in [0.3, 0.4) is 0 Å². The van der Waals surface area contributed by atoms with E-state index in [-0.39, 0.29) is 30.5 Å². The molecule has 1 aromatic carbocycles. The van der Waals surface area contributed by atoms with Crippen LogP contribution in [-0.4, -0.2) is 29.6 Å². The Balaban J connectivity index is 1.52. The van der Waals surface area contributed by atoms with Crippen LogP contribution in [0, 0.1) is 5.82 Å². The third kappa shape index (κ3) is 5.02. The summed E-state index contributed by atoms with van der Waals surface area (Å²) in [6, 6.07) is 9.34. The van der Waals surface area contributed by atoms with Crippen molar-refractivity contribution in [3.8, 4) is 5.75 Å². The molecule has 6 heteroatoms. The monoisotopic (exact) mass is 358 g/mol. The molecule has 1 amide bonds. The van der Waals surface area contributed by atoms with E-state index in [1.54, 1.807) is 24.3 Å². The first-order chi connectivity index (χ1) is 12.6. The Labute approximate surface area is 152 Å². The first-order valence-electron chi connectivity index (χ1n) is 8.87. The minimum Gasteiger partial charge on any atom is -0.487 e. The standard InChI is InChI=1S/C20H23FN2O3/c1-14(19-7-2-3-10-25-19)23-20(24)15-8-9-17(22-12-15)13-26-18-6-4-5-16(21)11-18/h4-6,8-9,11-12,14,19H,2-3,7,10,13H2,1H3,(H,23,24). The van der Waals surface area contributed by atoms with E-state index in [2.05, 4.69) is 10.3 Å². The second-order valence-electron chi connectivity index (χ2n) is 6.45. The van der Waals surface area contributed by atoms with Crippen LogP contribution in [0.15, 0.2) is 42.6 Å². The summed E-state index contributed by atoms with van der Waals surface area (Å²) < 4.78 is 24.3. The molecule has 1 N–H and O–H groups in total. The molecular formula is C20H23FN2O3. The second kappa shape index (κ2) is 8.76. The van der Waals surface area contributed by atoms with E-state index in [1.807, 2.05) is 6.92 Å². The van der Waals surface area contributed by atoms with E-state index in [1.165, 1.54) is 18.3 Å². The number of nitrogens with one attached hydrogen (secondary N) is 1. The smallest absolute Gasteiger partial charge is 0.253 e. The number of halogens is 1. The molecule has 3 rings (SSSR count). The number of hydrogen-bond donors (Lipinski definition) is 1. The van der Waals surface area contributed by atoms with Gasteiger partial charge in [-0.1, -0.05) is 6.07 Å². The van der Waals surface area contributed by atoms with Gasteiger partial charge in [0.15, 0.2) is 0 Å². The van der Waals surface area contributed by atoms with Crippen molar-refractivity contribution in [3.05, 3.63) is 59.7 Å². The highest BCUT2D eigenvalue weighted by Crippen LogP contribution is 2.16. The largest absolute Gasteiger partial charge is 0.487 e. The first-order valence-corrected chi connectivity index (χ1v) is 8.87. The van der Waals surface area contributed by atoms with E-state index in [0.717, 1.165) is 25.9 Å². The highest BCUT2D eigenvalue weighted by molar-refractivity contribution is 5.94. The molecule has 2 unspecified atom stereocenters. The summed E-state index contributed by atoms with van der Waals surface area (Å²) in [6.07, 6.45) is 4.77. The lowest BCUT2D eigenvalue weighted by Gasteiger charge is -2.28. The van der Waals surface area contributed by atoms with E-state index >= 15 is 0 Å². The summed E-state index contributed by atoms with van der Waals surface area (Å²) in [7, 11) is 0. The summed E-state index contributed by atoms with van der Waals surface area (Å²) in [6.45, 7) is 2.92. The van der Waals surface area contributed by atoms with Crippen LogP contribution in [0.4, 0.5) is 4.39 Å². The predicted molar refractivity (Wildman–Crippen MR) is 95.5 cm³/mol. The topological polar surface area (TPSA) is 60.5 Å². The fourth-order valence-corrected chi connectivity index (χ4v) is 2.90. The number of rotatable bonds is 6. The van der Waals surface area contributed by atoms with Crippen molar-refractivity contribution < 1.29 is 18.7 Å². The zero-order valence-corrected chi connectivity index (χ0v) is 14.8. The van der Waals surface area contributed by atoms with Gasteiger partial charge in [-0.3, -0.25) is 9.78 Å². The van der Waals surface area contributed by atoms with Gasteiger partial charge in [-0.2, -0.15) is 0 Å². The number of carbonyl (C=O) groups excluding carboxylic acids is 1. The average Bonchev–Trinajstić information content (AvgIpc) is 2.67. The highest BCUT2D eigenvalue weighted by atomic mass is 19.1. The van der Waals surface area contributed by atoms with Gasteiger partial charge < -0.3 is 14.8 Å². The maximum Gasteiger partial charge on any atom is 0.253 e. The molecule has 26 heavy (non-hydrogen) atoms. The molecule has 1 aliphatic rings. The van der Waals surface area contributed by atoms with Gasteiger partial charge >= 0.3 is 0 Å². The summed E-state index contributed by atoms with van der Waals surface area (Å²) in [5.41, 5.74) is 1.15. The van der Waals surface area contributed by atoms with Gasteiger partial charge in [0, 0.05) is 18.9 Å². The molecule has 2 aromatic rings. The Bertz CT molecular complexity index is 730. The van der Waals surface area contributed by atoms with Crippen molar-refractivity contribution in [1.82, 2.24) is 10.3 Å². The lowest BCUT2D eigenvalue weighted by atomic mass is 10.0. The predicted octanol–water partition coefficient (Wildman–Crippen LogP) is 3.49. The van der Waals surface area contributed by atoms with E-state index in [4.69, 9.17) is 9.47 Å². The number of carbonyl (C=O) groups is 1. The van der Waals surface area contributed by atoms with Crippen LogP contribution < -0.4 is 10.1 Å². The SMILES string of the molecule is CC(NC(=O)c1ccc(COc2cccc(F)c2)nc1)C1CCCCO1. The van der Waals surface area contributed by atoms with Gasteiger partial charge in [-0.25, -0.2) is 4.39 Å². The molecule has 2 heterocycles. The molecule has 0 radical (unpaired) electrons. The van der Waals surface area contributed by atoms with Crippen molar-refractivity contribution in [3.63, 3.8) is 0 Å². The van der Waals surface area contributed by atoms with Gasteiger partial charge in [0.2, 0.25) is 0 Å². The molecule has 1 saturated heterocycles. The zero-order chi connectivity index (χ0) is 18.4. The summed E-state index contributed by atoms with van der Waals surface area (Å²) in [4.78, 5) is 16.6. The lowest BCUT2D eigenvalue weighted by Crippen LogP contribution is -2.43. The van der Waals surface area contributed by atoms with Gasteiger partial charge in [0.25, 0.3) is 5.91 Å². The van der Waals surface area contributed by atoms with Gasteiger partial charge in [0.05, 0.1) is 23.4 Å². The minimum atomic E-state index is -0.349. The Morgan fingerprint density at radius 1 is 1.38 bits per heavy atom. The van der Waals surface area contributed by atoms with Crippen molar-refractivity contribution in [2.75, 3.05) is 6.61 Å². The Kier molecular flexibility index (Phi) is 6.17. The van der Waals surface area contributed by atoms with Crippen molar-refractivity contribution >= 4 is 5.91 Å². The lowest BCUT2D eigenvalue weighted by molar-refractivity contribution is -0.00298. The molecule has 0 aliphatic carbocycles. The maximum atomic E-state index is 13.1. The number of nitrogens with zero attached hydrogens (tertiary/aromatic N) is 1. The quantitative estimate of drug-likeness (QED) is 0.859. The molecule has 138 valence electrons. The normalized spacial score (nSPS) is 18.2. The molecule has 2 atom stereocenters. The van der Waals surface area contributed by atoms with E-state index in [9.17, 15) is 9.18 Å². The third-order valence-corrected chi connectivity index (χ3v) is 4.40. The van der Waals surface area contributed by atoms with Gasteiger partial charge in [-0.05, 0) is 50.5 Å². The molecule has 1 aliphatic heterocycles. The van der Waals surface area contributed by atoms with Crippen LogP contribution in [0.2, 0.25) is 0 Å². The summed E-state index contributed by atoms with van der Waals surface area (Å²) in [5, 5.41) is 2.97. The third-order valence-electron chi connectivity index (χ3n) is 4.40. The van der Waals surface area contributed by atoms with Crippen molar-refractivity contribution in [2.24, 2.45) is 0 Å². The number of hydrogen-bond acceptors (Lipinski definition) is 4. The molecule has 0 spiro atoms. The molecule has 1 aromatic heterocycles. The number of amides is 1. The van der Waals surface area contributed by atoms with E-state index in [0.29, 0.717) is 17.0 Å². The van der Waals surface area contributed by atoms with Crippen LogP contribution in [-0.2, 0) is 11.3 Å². The van der Waals surface area contributed by atoms with Crippen LogP contribution in [0.5, 0.6) is 5.75 Å². The van der Waals surface area contributed by atoms with Crippen LogP contribution >= 0.6 is 0 Å². The molecule has 0 bridgehead atoms. The van der Waals surface area contributed by atoms with Crippen molar-refractivity contribution in [2.45, 2.75) is 44.9 Å². The average molecular weight is 358 g/mol. The van der Waals surface area contributed by atoms with Crippen LogP contribution in [0.25, 0.3) is 0 Å². The summed E-state index contributed by atoms with van der Waals surface area (Å²) >= 11 is 0. The molecule has 5 nitrogen and oxygen atoms in total. The minimum absolute atomic E-state index is 0.0428. The fourth-order valence-electron chi connectivity index (χ4n) is 2.90. The highest BCUT2D eigenvalue weighted by Gasteiger charge is 2.22. The number of pyridine rings is 1.